The summed E-state index contributed by atoms with van der Waals surface area (Å²) >= 11 is 3.35. The summed E-state index contributed by atoms with van der Waals surface area (Å²) in [5, 5.41) is 9.17. The Bertz CT molecular complexity index is 701. The predicted molar refractivity (Wildman–Crippen MR) is 88.8 cm³/mol. The molecular formula is C16H19BrN2O3. The van der Waals surface area contributed by atoms with E-state index in [-0.39, 0.29) is 5.56 Å². The van der Waals surface area contributed by atoms with E-state index in [1.54, 1.807) is 16.8 Å². The first-order chi connectivity index (χ1) is 10.5. The molecule has 0 atom stereocenters. The number of aryl methyl sites for hydroxylation is 1. The van der Waals surface area contributed by atoms with E-state index in [1.165, 1.54) is 10.9 Å². The van der Waals surface area contributed by atoms with Crippen LogP contribution in [0.2, 0.25) is 0 Å². The average molecular weight is 367 g/mol. The Balaban J connectivity index is 2.38. The zero-order chi connectivity index (χ0) is 16.1. The Hall–Kier alpha value is -1.82. The van der Waals surface area contributed by atoms with Crippen molar-refractivity contribution in [2.24, 2.45) is 0 Å². The minimum atomic E-state index is -1.19. The molecule has 118 valence electrons. The van der Waals surface area contributed by atoms with Gasteiger partial charge in [-0.2, -0.15) is 0 Å². The maximum atomic E-state index is 12.4. The van der Waals surface area contributed by atoms with Crippen molar-refractivity contribution in [2.75, 3.05) is 0 Å². The van der Waals surface area contributed by atoms with Gasteiger partial charge in [-0.05, 0) is 30.7 Å². The molecule has 0 unspecified atom stereocenters. The normalized spacial score (nSPS) is 10.8. The molecule has 1 aromatic carbocycles. The summed E-state index contributed by atoms with van der Waals surface area (Å²) in [5.74, 6) is -1.19. The summed E-state index contributed by atoms with van der Waals surface area (Å²) in [5.41, 5.74) is -0.0279. The van der Waals surface area contributed by atoms with Gasteiger partial charge in [0.15, 0.2) is 0 Å². The van der Waals surface area contributed by atoms with Crippen LogP contribution in [0.25, 0.3) is 5.69 Å². The van der Waals surface area contributed by atoms with Crippen LogP contribution in [0.4, 0.5) is 0 Å². The molecular weight excluding hydrogens is 348 g/mol. The maximum absolute atomic E-state index is 12.4. The molecule has 1 N–H and O–H groups in total. The van der Waals surface area contributed by atoms with Gasteiger partial charge in [0.2, 0.25) is 0 Å². The van der Waals surface area contributed by atoms with E-state index in [4.69, 9.17) is 5.11 Å². The highest BCUT2D eigenvalue weighted by atomic mass is 79.9. The van der Waals surface area contributed by atoms with Gasteiger partial charge in [-0.1, -0.05) is 42.1 Å². The third kappa shape index (κ3) is 3.68. The van der Waals surface area contributed by atoms with Gasteiger partial charge >= 0.3 is 5.97 Å². The van der Waals surface area contributed by atoms with Crippen molar-refractivity contribution in [1.82, 2.24) is 9.36 Å². The molecule has 0 aliphatic carbocycles. The van der Waals surface area contributed by atoms with Gasteiger partial charge in [0.05, 0.1) is 5.69 Å². The number of aromatic nitrogens is 2. The highest BCUT2D eigenvalue weighted by Gasteiger charge is 2.17. The van der Waals surface area contributed by atoms with Crippen LogP contribution < -0.4 is 5.56 Å². The van der Waals surface area contributed by atoms with Gasteiger partial charge in [-0.3, -0.25) is 9.48 Å². The first-order valence-electron chi connectivity index (χ1n) is 7.36. The second-order valence-corrected chi connectivity index (χ2v) is 6.08. The summed E-state index contributed by atoms with van der Waals surface area (Å²) < 4.78 is 4.04. The lowest BCUT2D eigenvalue weighted by atomic mass is 10.2. The Kier molecular flexibility index (Phi) is 5.60. The van der Waals surface area contributed by atoms with Gasteiger partial charge in [0.25, 0.3) is 5.56 Å². The molecule has 0 radical (unpaired) electrons. The lowest BCUT2D eigenvalue weighted by Crippen LogP contribution is -2.23. The quantitative estimate of drug-likeness (QED) is 0.760. The lowest BCUT2D eigenvalue weighted by Gasteiger charge is -2.11. The van der Waals surface area contributed by atoms with Gasteiger partial charge in [-0.15, -0.1) is 0 Å². The zero-order valence-electron chi connectivity index (χ0n) is 12.5. The summed E-state index contributed by atoms with van der Waals surface area (Å²) in [7, 11) is 0. The molecule has 0 aliphatic rings. The first kappa shape index (κ1) is 16.5. The molecule has 0 saturated heterocycles. The minimum Gasteiger partial charge on any atom is -0.477 e. The van der Waals surface area contributed by atoms with Crippen LogP contribution in [0.15, 0.2) is 39.7 Å². The third-order valence-corrected chi connectivity index (χ3v) is 4.03. The first-order valence-corrected chi connectivity index (χ1v) is 8.15. The predicted octanol–water partition coefficient (Wildman–Crippen LogP) is 3.68. The molecule has 6 heteroatoms. The van der Waals surface area contributed by atoms with Crippen LogP contribution in [-0.2, 0) is 6.54 Å². The SMILES string of the molecule is CCCCCCn1cc(C(=O)O)c(=O)n1-c1ccc(Br)cc1. The van der Waals surface area contributed by atoms with E-state index in [0.717, 1.165) is 30.2 Å². The standard InChI is InChI=1S/C16H19BrN2O3/c1-2-3-4-5-10-18-11-14(16(21)22)15(20)19(18)13-8-6-12(17)7-9-13/h6-9,11H,2-5,10H2,1H3,(H,21,22). The number of unbranched alkanes of at least 4 members (excludes halogenated alkanes) is 3. The molecule has 0 aliphatic heterocycles. The molecule has 22 heavy (non-hydrogen) atoms. The van der Waals surface area contributed by atoms with E-state index in [9.17, 15) is 9.59 Å². The second kappa shape index (κ2) is 7.45. The fourth-order valence-corrected chi connectivity index (χ4v) is 2.62. The Morgan fingerprint density at radius 3 is 2.45 bits per heavy atom. The van der Waals surface area contributed by atoms with Crippen molar-refractivity contribution < 1.29 is 9.90 Å². The zero-order valence-corrected chi connectivity index (χ0v) is 14.0. The number of hydrogen-bond donors (Lipinski definition) is 1. The molecule has 0 spiro atoms. The Morgan fingerprint density at radius 1 is 1.18 bits per heavy atom. The Labute approximate surface area is 137 Å². The van der Waals surface area contributed by atoms with E-state index in [2.05, 4.69) is 22.9 Å². The number of nitrogens with zero attached hydrogens (tertiary/aromatic N) is 2. The van der Waals surface area contributed by atoms with Gasteiger partial charge in [0.1, 0.15) is 5.56 Å². The maximum Gasteiger partial charge on any atom is 0.342 e. The molecule has 0 bridgehead atoms. The third-order valence-electron chi connectivity index (χ3n) is 3.50. The lowest BCUT2D eigenvalue weighted by molar-refractivity contribution is 0.0695. The number of carboxylic acid groups (broad SMARTS) is 1. The number of carboxylic acids is 1. The monoisotopic (exact) mass is 366 g/mol. The van der Waals surface area contributed by atoms with Gasteiger partial charge in [-0.25, -0.2) is 9.48 Å². The number of hydrogen-bond acceptors (Lipinski definition) is 2. The molecule has 2 rings (SSSR count). The fraction of sp³-hybridized carbons (Fsp3) is 0.375. The number of benzene rings is 1. The average Bonchev–Trinajstić information content (AvgIpc) is 2.82. The van der Waals surface area contributed by atoms with Crippen LogP contribution in [0.3, 0.4) is 0 Å². The van der Waals surface area contributed by atoms with Crippen LogP contribution in [0, 0.1) is 0 Å². The number of rotatable bonds is 7. The van der Waals surface area contributed by atoms with Crippen LogP contribution in [0.5, 0.6) is 0 Å². The fourth-order valence-electron chi connectivity index (χ4n) is 2.35. The summed E-state index contributed by atoms with van der Waals surface area (Å²) in [6, 6.07) is 7.24. The van der Waals surface area contributed by atoms with Crippen molar-refractivity contribution in [3.8, 4) is 5.69 Å². The van der Waals surface area contributed by atoms with Crippen LogP contribution >= 0.6 is 15.9 Å². The molecule has 0 fully saturated rings. The van der Waals surface area contributed by atoms with Gasteiger partial charge < -0.3 is 5.11 Å². The summed E-state index contributed by atoms with van der Waals surface area (Å²) in [6.45, 7) is 2.76. The largest absolute Gasteiger partial charge is 0.477 e. The minimum absolute atomic E-state index is 0.196. The van der Waals surface area contributed by atoms with Crippen LogP contribution in [0.1, 0.15) is 43.0 Å². The van der Waals surface area contributed by atoms with E-state index < -0.39 is 11.5 Å². The highest BCUT2D eigenvalue weighted by Crippen LogP contribution is 2.14. The molecule has 5 nitrogen and oxygen atoms in total. The highest BCUT2D eigenvalue weighted by molar-refractivity contribution is 9.10. The van der Waals surface area contributed by atoms with Crippen molar-refractivity contribution in [2.45, 2.75) is 39.2 Å². The van der Waals surface area contributed by atoms with E-state index >= 15 is 0 Å². The topological polar surface area (TPSA) is 64.2 Å². The van der Waals surface area contributed by atoms with E-state index in [0.29, 0.717) is 12.2 Å². The summed E-state index contributed by atoms with van der Waals surface area (Å²) in [6.07, 6.45) is 5.67. The van der Waals surface area contributed by atoms with E-state index in [1.807, 2.05) is 12.1 Å². The second-order valence-electron chi connectivity index (χ2n) is 5.17. The number of carbonyl (C=O) groups is 1. The van der Waals surface area contributed by atoms with Crippen molar-refractivity contribution >= 4 is 21.9 Å². The molecule has 0 saturated carbocycles. The molecule has 2 aromatic rings. The Morgan fingerprint density at radius 2 is 1.86 bits per heavy atom. The van der Waals surface area contributed by atoms with Crippen molar-refractivity contribution in [3.05, 3.63) is 50.9 Å². The van der Waals surface area contributed by atoms with Crippen molar-refractivity contribution in [3.63, 3.8) is 0 Å². The number of aromatic carboxylic acids is 1. The summed E-state index contributed by atoms with van der Waals surface area (Å²) in [4.78, 5) is 23.6. The van der Waals surface area contributed by atoms with Gasteiger partial charge in [0, 0.05) is 17.2 Å². The van der Waals surface area contributed by atoms with Crippen LogP contribution in [-0.4, -0.2) is 20.4 Å². The molecule has 1 aromatic heterocycles. The number of halogens is 1. The molecule has 0 amide bonds. The smallest absolute Gasteiger partial charge is 0.342 e. The van der Waals surface area contributed by atoms with Crippen molar-refractivity contribution in [1.29, 1.82) is 0 Å². The molecule has 1 heterocycles.